The molecule has 142 valence electrons. The van der Waals surface area contributed by atoms with Crippen LogP contribution in [0.25, 0.3) is 0 Å². The van der Waals surface area contributed by atoms with Crippen LogP contribution in [0, 0.1) is 22.6 Å². The Morgan fingerprint density at radius 2 is 1.96 bits per heavy atom. The number of ether oxygens (including phenoxy) is 1. The Labute approximate surface area is 161 Å². The van der Waals surface area contributed by atoms with Gasteiger partial charge in [0.15, 0.2) is 11.6 Å². The molecule has 3 rings (SSSR count). The minimum absolute atomic E-state index is 0.00751. The number of hydrogen-bond donors (Lipinski definition) is 1. The number of aliphatic hydroxyl groups is 1. The molecule has 0 aliphatic carbocycles. The zero-order chi connectivity index (χ0) is 19.7. The van der Waals surface area contributed by atoms with Crippen LogP contribution in [0.5, 0.6) is 5.75 Å². The molecule has 0 radical (unpaired) electrons. The fourth-order valence-corrected chi connectivity index (χ4v) is 5.00. The molecule has 1 N–H and O–H groups in total. The molecule has 1 aliphatic heterocycles. The van der Waals surface area contributed by atoms with Crippen molar-refractivity contribution in [3.05, 3.63) is 58.9 Å². The summed E-state index contributed by atoms with van der Waals surface area (Å²) < 4.78 is 46.0. The first kappa shape index (κ1) is 19.6. The number of hydrogen-bond acceptors (Lipinski definition) is 5. The predicted molar refractivity (Wildman–Crippen MR) is 96.3 cm³/mol. The van der Waals surface area contributed by atoms with Crippen LogP contribution in [-0.4, -0.2) is 44.1 Å². The van der Waals surface area contributed by atoms with Gasteiger partial charge >= 0.3 is 0 Å². The first-order chi connectivity index (χ1) is 12.8. The average Bonchev–Trinajstić information content (AvgIpc) is 2.62. The summed E-state index contributed by atoms with van der Waals surface area (Å²) in [5, 5.41) is 18.7. The van der Waals surface area contributed by atoms with E-state index in [1.165, 1.54) is 34.6 Å². The molecule has 0 aromatic heterocycles. The van der Waals surface area contributed by atoms with E-state index in [0.29, 0.717) is 0 Å². The van der Waals surface area contributed by atoms with Gasteiger partial charge in [0.2, 0.25) is 10.0 Å². The lowest BCUT2D eigenvalue weighted by molar-refractivity contribution is -0.0280. The second kappa shape index (κ2) is 7.44. The smallest absolute Gasteiger partial charge is 0.244 e. The van der Waals surface area contributed by atoms with Gasteiger partial charge in [0, 0.05) is 13.1 Å². The standard InChI is InChI=1S/C18H16ClFN2O4S/c19-14-5-1-2-7-16(14)27(24,25)22-9-18(10-22,11-23)12-26-15-6-3-4-13(8-21)17(15)20/h1-7,23H,9-12H2. The summed E-state index contributed by atoms with van der Waals surface area (Å²) >= 11 is 5.98. The average molecular weight is 411 g/mol. The molecule has 1 aliphatic rings. The molecule has 6 nitrogen and oxygen atoms in total. The second-order valence-corrected chi connectivity index (χ2v) is 8.69. The number of halogens is 2. The van der Waals surface area contributed by atoms with Crippen LogP contribution < -0.4 is 4.74 Å². The van der Waals surface area contributed by atoms with Crippen molar-refractivity contribution in [2.75, 3.05) is 26.3 Å². The molecular formula is C18H16ClFN2O4S. The summed E-state index contributed by atoms with van der Waals surface area (Å²) in [6.45, 7) is -0.405. The van der Waals surface area contributed by atoms with Crippen LogP contribution in [0.2, 0.25) is 5.02 Å². The maximum atomic E-state index is 14.1. The number of nitriles is 1. The molecule has 0 atom stereocenters. The zero-order valence-corrected chi connectivity index (χ0v) is 15.7. The lowest BCUT2D eigenvalue weighted by Crippen LogP contribution is -2.62. The van der Waals surface area contributed by atoms with E-state index < -0.39 is 21.3 Å². The minimum atomic E-state index is -3.80. The van der Waals surface area contributed by atoms with Crippen molar-refractivity contribution >= 4 is 21.6 Å². The molecular weight excluding hydrogens is 395 g/mol. The molecule has 0 bridgehead atoms. The fourth-order valence-electron chi connectivity index (χ4n) is 2.84. The topological polar surface area (TPSA) is 90.6 Å². The Bertz CT molecular complexity index is 1000. The summed E-state index contributed by atoms with van der Waals surface area (Å²) in [6, 6.07) is 12.0. The van der Waals surface area contributed by atoms with Gasteiger partial charge in [-0.3, -0.25) is 0 Å². The first-order valence-electron chi connectivity index (χ1n) is 8.00. The van der Waals surface area contributed by atoms with Gasteiger partial charge in [-0.05, 0) is 24.3 Å². The Hall–Kier alpha value is -2.18. The summed E-state index contributed by atoms with van der Waals surface area (Å²) in [6.07, 6.45) is 0. The van der Waals surface area contributed by atoms with E-state index in [1.807, 2.05) is 0 Å². The minimum Gasteiger partial charge on any atom is -0.490 e. The van der Waals surface area contributed by atoms with Gasteiger partial charge in [-0.1, -0.05) is 29.8 Å². The van der Waals surface area contributed by atoms with E-state index in [4.69, 9.17) is 21.6 Å². The zero-order valence-electron chi connectivity index (χ0n) is 14.1. The summed E-state index contributed by atoms with van der Waals surface area (Å²) in [5.74, 6) is -0.901. The van der Waals surface area contributed by atoms with Gasteiger partial charge < -0.3 is 9.84 Å². The molecule has 27 heavy (non-hydrogen) atoms. The lowest BCUT2D eigenvalue weighted by atomic mass is 9.83. The van der Waals surface area contributed by atoms with Gasteiger partial charge in [0.1, 0.15) is 11.0 Å². The number of sulfonamides is 1. The van der Waals surface area contributed by atoms with E-state index in [9.17, 15) is 17.9 Å². The Balaban J connectivity index is 1.72. The quantitative estimate of drug-likeness (QED) is 0.789. The van der Waals surface area contributed by atoms with Crippen molar-refractivity contribution in [2.24, 2.45) is 5.41 Å². The largest absolute Gasteiger partial charge is 0.490 e. The monoisotopic (exact) mass is 410 g/mol. The van der Waals surface area contributed by atoms with E-state index >= 15 is 0 Å². The normalized spacial score (nSPS) is 16.4. The van der Waals surface area contributed by atoms with Crippen molar-refractivity contribution in [3.8, 4) is 11.8 Å². The lowest BCUT2D eigenvalue weighted by Gasteiger charge is -2.47. The van der Waals surface area contributed by atoms with Crippen molar-refractivity contribution in [1.29, 1.82) is 5.26 Å². The number of rotatable bonds is 6. The maximum Gasteiger partial charge on any atom is 0.244 e. The van der Waals surface area contributed by atoms with Crippen LogP contribution in [0.1, 0.15) is 5.56 Å². The summed E-state index contributed by atoms with van der Waals surface area (Å²) in [4.78, 5) is -0.00751. The third-order valence-corrected chi connectivity index (χ3v) is 6.72. The second-order valence-electron chi connectivity index (χ2n) is 6.38. The van der Waals surface area contributed by atoms with E-state index in [2.05, 4.69) is 0 Å². The van der Waals surface area contributed by atoms with Crippen LogP contribution in [0.3, 0.4) is 0 Å². The van der Waals surface area contributed by atoms with Crippen LogP contribution in [-0.2, 0) is 10.0 Å². The highest BCUT2D eigenvalue weighted by atomic mass is 35.5. The van der Waals surface area contributed by atoms with Crippen LogP contribution in [0.4, 0.5) is 4.39 Å². The van der Waals surface area contributed by atoms with E-state index in [-0.39, 0.29) is 47.5 Å². The highest BCUT2D eigenvalue weighted by molar-refractivity contribution is 7.89. The maximum absolute atomic E-state index is 14.1. The van der Waals surface area contributed by atoms with Gasteiger partial charge in [-0.2, -0.15) is 9.57 Å². The number of benzene rings is 2. The Morgan fingerprint density at radius 3 is 2.59 bits per heavy atom. The highest BCUT2D eigenvalue weighted by Crippen LogP contribution is 2.37. The van der Waals surface area contributed by atoms with Gasteiger partial charge in [-0.25, -0.2) is 12.8 Å². The molecule has 0 spiro atoms. The summed E-state index contributed by atoms with van der Waals surface area (Å²) in [5.41, 5.74) is -1.01. The first-order valence-corrected chi connectivity index (χ1v) is 9.82. The number of aliphatic hydroxyl groups excluding tert-OH is 1. The molecule has 2 aromatic rings. The molecule has 0 amide bonds. The predicted octanol–water partition coefficient (Wildman–Crippen LogP) is 2.41. The molecule has 1 fully saturated rings. The Morgan fingerprint density at radius 1 is 1.26 bits per heavy atom. The van der Waals surface area contributed by atoms with Crippen LogP contribution >= 0.6 is 11.6 Å². The number of nitrogens with zero attached hydrogens (tertiary/aromatic N) is 2. The van der Waals surface area contributed by atoms with Gasteiger partial charge in [0.05, 0.1) is 29.2 Å². The highest BCUT2D eigenvalue weighted by Gasteiger charge is 2.49. The van der Waals surface area contributed by atoms with Gasteiger partial charge in [-0.15, -0.1) is 0 Å². The van der Waals surface area contributed by atoms with Crippen molar-refractivity contribution < 1.29 is 22.7 Å². The molecule has 0 saturated carbocycles. The SMILES string of the molecule is N#Cc1cccc(OCC2(CO)CN(S(=O)(=O)c3ccccc3Cl)C2)c1F. The third kappa shape index (κ3) is 3.64. The molecule has 2 aromatic carbocycles. The van der Waals surface area contributed by atoms with Crippen LogP contribution in [0.15, 0.2) is 47.4 Å². The third-order valence-electron chi connectivity index (χ3n) is 4.43. The van der Waals surface area contributed by atoms with Crippen molar-refractivity contribution in [3.63, 3.8) is 0 Å². The van der Waals surface area contributed by atoms with Gasteiger partial charge in [0.25, 0.3) is 0 Å². The molecule has 1 heterocycles. The molecule has 1 saturated heterocycles. The van der Waals surface area contributed by atoms with E-state index in [1.54, 1.807) is 18.2 Å². The van der Waals surface area contributed by atoms with E-state index in [0.717, 1.165) is 0 Å². The summed E-state index contributed by atoms with van der Waals surface area (Å²) in [7, 11) is -3.80. The van der Waals surface area contributed by atoms with Crippen molar-refractivity contribution in [1.82, 2.24) is 4.31 Å². The molecule has 9 heteroatoms. The Kier molecular flexibility index (Phi) is 5.40. The molecule has 0 unspecified atom stereocenters. The van der Waals surface area contributed by atoms with Crippen molar-refractivity contribution in [2.45, 2.75) is 4.90 Å². The fraction of sp³-hybridized carbons (Fsp3) is 0.278.